The molecule has 1 N–H and O–H groups in total. The number of benzene rings is 1. The third kappa shape index (κ3) is 4.47. The summed E-state index contributed by atoms with van der Waals surface area (Å²) in [6, 6.07) is 3.48. The summed E-state index contributed by atoms with van der Waals surface area (Å²) in [5.74, 6) is -1.20. The van der Waals surface area contributed by atoms with Gasteiger partial charge in [-0.05, 0) is 37.0 Å². The Balaban J connectivity index is 2.16. The van der Waals surface area contributed by atoms with Crippen molar-refractivity contribution >= 4 is 37.4 Å². The van der Waals surface area contributed by atoms with E-state index in [0.717, 1.165) is 6.07 Å². The van der Waals surface area contributed by atoms with Crippen molar-refractivity contribution in [1.82, 2.24) is 4.31 Å². The fourth-order valence-electron chi connectivity index (χ4n) is 2.73. The van der Waals surface area contributed by atoms with Crippen molar-refractivity contribution in [2.75, 3.05) is 25.1 Å². The average molecular weight is 396 g/mol. The van der Waals surface area contributed by atoms with Crippen LogP contribution < -0.4 is 0 Å². The largest absolute Gasteiger partial charge is 0.478 e. The first-order chi connectivity index (χ1) is 11.0. The van der Waals surface area contributed by atoms with Gasteiger partial charge in [0, 0.05) is 19.3 Å². The molecule has 1 heterocycles. The number of sulfone groups is 1. The van der Waals surface area contributed by atoms with Crippen LogP contribution in [0.1, 0.15) is 23.2 Å². The summed E-state index contributed by atoms with van der Waals surface area (Å²) in [7, 11) is -6.94. The lowest BCUT2D eigenvalue weighted by molar-refractivity contribution is 0.0696. The molecule has 134 valence electrons. The van der Waals surface area contributed by atoms with Crippen molar-refractivity contribution in [3.8, 4) is 0 Å². The predicted octanol–water partition coefficient (Wildman–Crippen LogP) is 1.48. The van der Waals surface area contributed by atoms with E-state index >= 15 is 0 Å². The molecule has 0 saturated carbocycles. The van der Waals surface area contributed by atoms with Crippen LogP contribution in [0.5, 0.6) is 0 Å². The second kappa shape index (κ2) is 6.99. The Morgan fingerprint density at radius 1 is 1.25 bits per heavy atom. The lowest BCUT2D eigenvalue weighted by Gasteiger charge is -2.31. The summed E-state index contributed by atoms with van der Waals surface area (Å²) in [4.78, 5) is 10.8. The fraction of sp³-hybridized carbons (Fsp3) is 0.500. The molecule has 0 aliphatic carbocycles. The number of carboxylic acids is 1. The van der Waals surface area contributed by atoms with Gasteiger partial charge in [-0.2, -0.15) is 4.31 Å². The van der Waals surface area contributed by atoms with Crippen molar-refractivity contribution in [3.63, 3.8) is 0 Å². The average Bonchev–Trinajstić information content (AvgIpc) is 2.45. The molecule has 7 nitrogen and oxygen atoms in total. The normalized spacial score (nSPS) is 17.8. The van der Waals surface area contributed by atoms with Crippen LogP contribution in [0.2, 0.25) is 5.02 Å². The minimum atomic E-state index is -3.84. The van der Waals surface area contributed by atoms with E-state index in [1.807, 2.05) is 0 Å². The van der Waals surface area contributed by atoms with Gasteiger partial charge >= 0.3 is 5.97 Å². The van der Waals surface area contributed by atoms with Crippen molar-refractivity contribution in [2.45, 2.75) is 17.7 Å². The zero-order chi connectivity index (χ0) is 18.1. The van der Waals surface area contributed by atoms with E-state index in [1.165, 1.54) is 22.7 Å². The number of piperidine rings is 1. The number of hydrogen-bond acceptors (Lipinski definition) is 5. The maximum Gasteiger partial charge on any atom is 0.335 e. The standard InChI is InChI=1S/C14H18ClNO6S2/c1-23(19,20)9-10-4-6-16(7-5-10)24(21,22)13-3-2-11(14(17)18)8-12(13)15/h2-3,8,10H,4-7,9H2,1H3,(H,17,18). The van der Waals surface area contributed by atoms with Crippen LogP contribution in [0.4, 0.5) is 0 Å². The van der Waals surface area contributed by atoms with Gasteiger partial charge in [-0.15, -0.1) is 0 Å². The first kappa shape index (κ1) is 19.2. The number of sulfonamides is 1. The zero-order valence-electron chi connectivity index (χ0n) is 13.0. The van der Waals surface area contributed by atoms with E-state index < -0.39 is 25.8 Å². The molecule has 0 unspecified atom stereocenters. The van der Waals surface area contributed by atoms with Gasteiger partial charge in [-0.25, -0.2) is 21.6 Å². The van der Waals surface area contributed by atoms with E-state index in [0.29, 0.717) is 12.8 Å². The molecule has 1 saturated heterocycles. The molecule has 24 heavy (non-hydrogen) atoms. The Morgan fingerprint density at radius 3 is 2.29 bits per heavy atom. The number of nitrogens with zero attached hydrogens (tertiary/aromatic N) is 1. The van der Waals surface area contributed by atoms with Crippen LogP contribution >= 0.6 is 11.6 Å². The third-order valence-electron chi connectivity index (χ3n) is 3.91. The first-order valence-corrected chi connectivity index (χ1v) is 11.1. The first-order valence-electron chi connectivity index (χ1n) is 7.21. The van der Waals surface area contributed by atoms with Gasteiger partial charge in [0.2, 0.25) is 10.0 Å². The van der Waals surface area contributed by atoms with Gasteiger partial charge in [0.15, 0.2) is 0 Å². The topological polar surface area (TPSA) is 109 Å². The molecule has 1 aliphatic rings. The summed E-state index contributed by atoms with van der Waals surface area (Å²) >= 11 is 5.94. The van der Waals surface area contributed by atoms with Gasteiger partial charge < -0.3 is 5.11 Å². The minimum Gasteiger partial charge on any atom is -0.478 e. The van der Waals surface area contributed by atoms with Gasteiger partial charge in [-0.1, -0.05) is 11.6 Å². The highest BCUT2D eigenvalue weighted by molar-refractivity contribution is 7.90. The summed E-state index contributed by atoms with van der Waals surface area (Å²) in [5.41, 5.74) is -0.0918. The molecular weight excluding hydrogens is 378 g/mol. The second-order valence-corrected chi connectivity index (χ2v) is 10.4. The zero-order valence-corrected chi connectivity index (χ0v) is 15.4. The molecule has 2 rings (SSSR count). The van der Waals surface area contributed by atoms with Crippen molar-refractivity contribution in [2.24, 2.45) is 5.92 Å². The number of carboxylic acid groups (broad SMARTS) is 1. The lowest BCUT2D eigenvalue weighted by atomic mass is 10.0. The SMILES string of the molecule is CS(=O)(=O)CC1CCN(S(=O)(=O)c2ccc(C(=O)O)cc2Cl)CC1. The number of halogens is 1. The molecule has 1 aliphatic heterocycles. The lowest BCUT2D eigenvalue weighted by Crippen LogP contribution is -2.39. The molecular formula is C14H18ClNO6S2. The molecule has 1 fully saturated rings. The van der Waals surface area contributed by atoms with Crippen molar-refractivity contribution < 1.29 is 26.7 Å². The molecule has 1 aromatic carbocycles. The van der Waals surface area contributed by atoms with E-state index in [-0.39, 0.29) is 40.2 Å². The van der Waals surface area contributed by atoms with Gasteiger partial charge in [0.05, 0.1) is 16.3 Å². The quantitative estimate of drug-likeness (QED) is 0.808. The van der Waals surface area contributed by atoms with Crippen LogP contribution in [-0.4, -0.2) is 57.3 Å². The van der Waals surface area contributed by atoms with E-state index in [1.54, 1.807) is 0 Å². The van der Waals surface area contributed by atoms with E-state index in [2.05, 4.69) is 0 Å². The highest BCUT2D eigenvalue weighted by atomic mass is 35.5. The number of carbonyl (C=O) groups is 1. The minimum absolute atomic E-state index is 0.0505. The third-order valence-corrected chi connectivity index (χ3v) is 7.37. The van der Waals surface area contributed by atoms with Crippen molar-refractivity contribution in [3.05, 3.63) is 28.8 Å². The van der Waals surface area contributed by atoms with E-state index in [9.17, 15) is 21.6 Å². The number of aromatic carboxylic acids is 1. The van der Waals surface area contributed by atoms with Gasteiger partial charge in [-0.3, -0.25) is 0 Å². The van der Waals surface area contributed by atoms with Crippen LogP contribution in [0.15, 0.2) is 23.1 Å². The van der Waals surface area contributed by atoms with Gasteiger partial charge in [0.1, 0.15) is 14.7 Å². The summed E-state index contributed by atoms with van der Waals surface area (Å²) in [6.07, 6.45) is 2.08. The fourth-order valence-corrected chi connectivity index (χ4v) is 5.90. The van der Waals surface area contributed by atoms with Crippen LogP contribution in [0.3, 0.4) is 0 Å². The predicted molar refractivity (Wildman–Crippen MR) is 89.6 cm³/mol. The highest BCUT2D eigenvalue weighted by Gasteiger charge is 2.32. The maximum atomic E-state index is 12.7. The van der Waals surface area contributed by atoms with Gasteiger partial charge in [0.25, 0.3) is 0 Å². The molecule has 10 heteroatoms. The Labute approximate surface area is 146 Å². The Hall–Kier alpha value is -1.16. The van der Waals surface area contributed by atoms with Crippen molar-refractivity contribution in [1.29, 1.82) is 0 Å². The Morgan fingerprint density at radius 2 is 1.83 bits per heavy atom. The second-order valence-electron chi connectivity index (χ2n) is 5.89. The number of hydrogen-bond donors (Lipinski definition) is 1. The Kier molecular flexibility index (Phi) is 5.58. The molecule has 0 spiro atoms. The molecule has 1 aromatic rings. The maximum absolute atomic E-state index is 12.7. The van der Waals surface area contributed by atoms with Crippen LogP contribution in [-0.2, 0) is 19.9 Å². The molecule has 0 bridgehead atoms. The van der Waals surface area contributed by atoms with Crippen LogP contribution in [0, 0.1) is 5.92 Å². The molecule has 0 aromatic heterocycles. The summed E-state index contributed by atoms with van der Waals surface area (Å²) in [6.45, 7) is 0.416. The number of rotatable bonds is 5. The summed E-state index contributed by atoms with van der Waals surface area (Å²) in [5, 5.41) is 8.76. The van der Waals surface area contributed by atoms with Crippen LogP contribution in [0.25, 0.3) is 0 Å². The molecule has 0 atom stereocenters. The van der Waals surface area contributed by atoms with E-state index in [4.69, 9.17) is 16.7 Å². The smallest absolute Gasteiger partial charge is 0.335 e. The summed E-state index contributed by atoms with van der Waals surface area (Å²) < 4.78 is 49.2. The highest BCUT2D eigenvalue weighted by Crippen LogP contribution is 2.29. The monoisotopic (exact) mass is 395 g/mol. The molecule has 0 radical (unpaired) electrons. The Bertz CT molecular complexity index is 842. The molecule has 0 amide bonds.